The van der Waals surface area contributed by atoms with Crippen LogP contribution in [0.5, 0.6) is 0 Å². The molecule has 1 aliphatic heterocycles. The minimum Gasteiger partial charge on any atom is -0.447 e. The fraction of sp³-hybridized carbons (Fsp3) is 0.375. The zero-order valence-corrected chi connectivity index (χ0v) is 18.7. The smallest absolute Gasteiger partial charge is 0.273 e. The summed E-state index contributed by atoms with van der Waals surface area (Å²) in [5.74, 6) is 0.332. The number of nitrogens with one attached hydrogen (secondary N) is 2. The van der Waals surface area contributed by atoms with Crippen LogP contribution in [0.2, 0.25) is 0 Å². The number of oxazole rings is 1. The Morgan fingerprint density at radius 3 is 2.62 bits per heavy atom. The van der Waals surface area contributed by atoms with E-state index < -0.39 is 0 Å². The zero-order valence-electron chi connectivity index (χ0n) is 18.7. The van der Waals surface area contributed by atoms with Crippen molar-refractivity contribution < 1.29 is 9.21 Å². The van der Waals surface area contributed by atoms with E-state index in [1.807, 2.05) is 19.9 Å². The van der Waals surface area contributed by atoms with Crippen molar-refractivity contribution in [3.63, 3.8) is 0 Å². The first kappa shape index (κ1) is 22.0. The Morgan fingerprint density at radius 1 is 1.16 bits per heavy atom. The number of benzene rings is 1. The predicted molar refractivity (Wildman–Crippen MR) is 123 cm³/mol. The van der Waals surface area contributed by atoms with E-state index >= 15 is 0 Å². The summed E-state index contributed by atoms with van der Waals surface area (Å²) in [5.41, 5.74) is 4.38. The molecule has 32 heavy (non-hydrogen) atoms. The lowest BCUT2D eigenvalue weighted by Gasteiger charge is -2.33. The first-order valence-corrected chi connectivity index (χ1v) is 11.0. The minimum atomic E-state index is -0.241. The van der Waals surface area contributed by atoms with E-state index in [9.17, 15) is 4.79 Å². The second-order valence-corrected chi connectivity index (χ2v) is 8.11. The van der Waals surface area contributed by atoms with Crippen molar-refractivity contribution in [3.8, 4) is 0 Å². The lowest BCUT2D eigenvalue weighted by atomic mass is 10.2. The third-order valence-electron chi connectivity index (χ3n) is 5.79. The molecule has 168 valence electrons. The van der Waals surface area contributed by atoms with Crippen molar-refractivity contribution in [3.05, 3.63) is 76.8 Å². The van der Waals surface area contributed by atoms with Gasteiger partial charge in [-0.05, 0) is 19.4 Å². The van der Waals surface area contributed by atoms with Gasteiger partial charge in [0.1, 0.15) is 6.26 Å². The molecule has 3 heterocycles. The molecule has 0 saturated carbocycles. The Labute approximate surface area is 188 Å². The van der Waals surface area contributed by atoms with Crippen molar-refractivity contribution in [1.29, 1.82) is 0 Å². The van der Waals surface area contributed by atoms with Crippen molar-refractivity contribution in [2.24, 2.45) is 0 Å². The average molecular weight is 435 g/mol. The normalized spacial score (nSPS) is 15.4. The number of piperazine rings is 1. The van der Waals surface area contributed by atoms with Gasteiger partial charge in [-0.3, -0.25) is 19.7 Å². The van der Waals surface area contributed by atoms with Crippen LogP contribution in [0.4, 0.5) is 0 Å². The topological polar surface area (TPSA) is 90.3 Å². The van der Waals surface area contributed by atoms with Gasteiger partial charge < -0.3 is 9.73 Å². The molecule has 1 aromatic carbocycles. The summed E-state index contributed by atoms with van der Waals surface area (Å²) in [4.78, 5) is 21.5. The Balaban J connectivity index is 1.20. The number of rotatable bonds is 8. The maximum atomic E-state index is 12.4. The molecule has 8 nitrogen and oxygen atoms in total. The van der Waals surface area contributed by atoms with Gasteiger partial charge in [-0.2, -0.15) is 5.10 Å². The van der Waals surface area contributed by atoms with Crippen molar-refractivity contribution >= 4 is 12.0 Å². The number of nitrogens with zero attached hydrogens (tertiary/aromatic N) is 4. The molecule has 1 amide bonds. The number of carbonyl (C=O) groups is 1. The van der Waals surface area contributed by atoms with E-state index in [-0.39, 0.29) is 5.91 Å². The molecule has 2 N–H and O–H groups in total. The molecule has 8 heteroatoms. The van der Waals surface area contributed by atoms with Crippen LogP contribution in [0.15, 0.2) is 47.1 Å². The van der Waals surface area contributed by atoms with Gasteiger partial charge in [0.15, 0.2) is 5.69 Å². The van der Waals surface area contributed by atoms with Crippen molar-refractivity contribution in [2.45, 2.75) is 26.9 Å². The Hall–Kier alpha value is -3.23. The molecule has 0 unspecified atom stereocenters. The van der Waals surface area contributed by atoms with Crippen LogP contribution in [0.3, 0.4) is 0 Å². The molecular weight excluding hydrogens is 404 g/mol. The second kappa shape index (κ2) is 10.4. The number of carbonyl (C=O) groups excluding carboxylic acids is 1. The summed E-state index contributed by atoms with van der Waals surface area (Å²) in [5, 5.41) is 9.96. The highest BCUT2D eigenvalue weighted by atomic mass is 16.3. The molecule has 1 saturated heterocycles. The minimum absolute atomic E-state index is 0.241. The van der Waals surface area contributed by atoms with Gasteiger partial charge in [-0.25, -0.2) is 4.98 Å². The van der Waals surface area contributed by atoms with Gasteiger partial charge in [0, 0.05) is 50.5 Å². The van der Waals surface area contributed by atoms with Gasteiger partial charge in [-0.1, -0.05) is 42.5 Å². The SMILES string of the molecule is Cc1n[nH]c(C)c1CNC(=O)c1coc(CN2CCN(CC=Cc3ccccc3)CC2)n1. The van der Waals surface area contributed by atoms with Crippen LogP contribution in [0.25, 0.3) is 6.08 Å². The van der Waals surface area contributed by atoms with E-state index in [0.29, 0.717) is 24.7 Å². The van der Waals surface area contributed by atoms with Crippen LogP contribution in [0.1, 0.15) is 38.9 Å². The number of hydrogen-bond acceptors (Lipinski definition) is 6. The van der Waals surface area contributed by atoms with E-state index in [4.69, 9.17) is 4.42 Å². The third-order valence-corrected chi connectivity index (χ3v) is 5.79. The molecule has 2 aromatic heterocycles. The molecule has 0 spiro atoms. The average Bonchev–Trinajstić information content (AvgIpc) is 3.40. The Morgan fingerprint density at radius 2 is 1.91 bits per heavy atom. The molecule has 1 fully saturated rings. The summed E-state index contributed by atoms with van der Waals surface area (Å²) >= 11 is 0. The highest BCUT2D eigenvalue weighted by Crippen LogP contribution is 2.11. The van der Waals surface area contributed by atoms with Crippen LogP contribution in [-0.4, -0.2) is 63.6 Å². The molecule has 0 aliphatic carbocycles. The Bertz CT molecular complexity index is 1030. The number of hydrogen-bond donors (Lipinski definition) is 2. The second-order valence-electron chi connectivity index (χ2n) is 8.11. The standard InChI is InChI=1S/C24H30N6O2/c1-18-21(19(2)28-27-18)15-25-24(31)22-17-32-23(26-22)16-30-13-11-29(12-14-30)10-6-9-20-7-4-3-5-8-20/h3-9,17H,10-16H2,1-2H3,(H,25,31)(H,27,28). The first-order chi connectivity index (χ1) is 15.6. The molecule has 0 radical (unpaired) electrons. The summed E-state index contributed by atoms with van der Waals surface area (Å²) in [7, 11) is 0. The first-order valence-electron chi connectivity index (χ1n) is 11.0. The maximum Gasteiger partial charge on any atom is 0.273 e. The monoisotopic (exact) mass is 434 g/mol. The summed E-state index contributed by atoms with van der Waals surface area (Å²) in [6.07, 6.45) is 5.82. The fourth-order valence-corrected chi connectivity index (χ4v) is 3.80. The van der Waals surface area contributed by atoms with Gasteiger partial charge in [0.05, 0.1) is 12.2 Å². The predicted octanol–water partition coefficient (Wildman–Crippen LogP) is 2.78. The van der Waals surface area contributed by atoms with E-state index in [0.717, 1.165) is 49.7 Å². The number of aromatic amines is 1. The third kappa shape index (κ3) is 5.72. The van der Waals surface area contributed by atoms with Crippen molar-refractivity contribution in [1.82, 2.24) is 30.3 Å². The van der Waals surface area contributed by atoms with E-state index in [1.165, 1.54) is 11.8 Å². The highest BCUT2D eigenvalue weighted by Gasteiger charge is 2.19. The molecule has 0 atom stereocenters. The van der Waals surface area contributed by atoms with Gasteiger partial charge >= 0.3 is 0 Å². The highest BCUT2D eigenvalue weighted by molar-refractivity contribution is 5.91. The summed E-state index contributed by atoms with van der Waals surface area (Å²) in [6, 6.07) is 10.4. The van der Waals surface area contributed by atoms with Crippen LogP contribution in [0, 0.1) is 13.8 Å². The molecule has 3 aromatic rings. The van der Waals surface area contributed by atoms with Gasteiger partial charge in [0.25, 0.3) is 5.91 Å². The quantitative estimate of drug-likeness (QED) is 0.567. The van der Waals surface area contributed by atoms with Crippen LogP contribution >= 0.6 is 0 Å². The van der Waals surface area contributed by atoms with Crippen LogP contribution in [-0.2, 0) is 13.1 Å². The summed E-state index contributed by atoms with van der Waals surface area (Å²) < 4.78 is 5.56. The number of aryl methyl sites for hydroxylation is 2. The maximum absolute atomic E-state index is 12.4. The van der Waals surface area contributed by atoms with E-state index in [2.05, 4.69) is 66.7 Å². The van der Waals surface area contributed by atoms with E-state index in [1.54, 1.807) is 0 Å². The lowest BCUT2D eigenvalue weighted by Crippen LogP contribution is -2.45. The Kier molecular flexibility index (Phi) is 7.14. The lowest BCUT2D eigenvalue weighted by molar-refractivity contribution is 0.0945. The van der Waals surface area contributed by atoms with Gasteiger partial charge in [-0.15, -0.1) is 0 Å². The molecule has 4 rings (SSSR count). The summed E-state index contributed by atoms with van der Waals surface area (Å²) in [6.45, 7) is 9.71. The zero-order chi connectivity index (χ0) is 22.3. The van der Waals surface area contributed by atoms with Crippen molar-refractivity contribution in [2.75, 3.05) is 32.7 Å². The number of H-pyrrole nitrogens is 1. The number of aromatic nitrogens is 3. The number of amides is 1. The molecule has 1 aliphatic rings. The fourth-order valence-electron chi connectivity index (χ4n) is 3.80. The molecule has 0 bridgehead atoms. The largest absolute Gasteiger partial charge is 0.447 e. The molecular formula is C24H30N6O2. The van der Waals surface area contributed by atoms with Crippen LogP contribution < -0.4 is 5.32 Å². The van der Waals surface area contributed by atoms with Gasteiger partial charge in [0.2, 0.25) is 5.89 Å².